The third-order valence-corrected chi connectivity index (χ3v) is 16.4. The zero-order valence-corrected chi connectivity index (χ0v) is 51.0. The smallest absolute Gasteiger partial charge is 0.326 e. The molecule has 0 radical (unpaired) electrons. The number of nitrogens with two attached hydrogens (primary N) is 5. The van der Waals surface area contributed by atoms with Crippen LogP contribution in [0.2, 0.25) is 0 Å². The van der Waals surface area contributed by atoms with Gasteiger partial charge in [0.15, 0.2) is 11.9 Å². The summed E-state index contributed by atoms with van der Waals surface area (Å²) in [6, 6.07) is -13.6. The van der Waals surface area contributed by atoms with Crippen LogP contribution in [0.25, 0.3) is 0 Å². The summed E-state index contributed by atoms with van der Waals surface area (Å²) in [5.41, 5.74) is 27.4. The summed E-state index contributed by atoms with van der Waals surface area (Å²) in [7, 11) is 0. The van der Waals surface area contributed by atoms with Crippen LogP contribution in [0.15, 0.2) is 9.98 Å². The fourth-order valence-electron chi connectivity index (χ4n) is 11.0. The number of amides is 10. The predicted molar refractivity (Wildman–Crippen MR) is 321 cm³/mol. The number of nitrogens with one attached hydrogen (secondary N) is 8. The number of aliphatic hydroxyl groups is 2. The normalized spacial score (nSPS) is 21.3. The number of thiol groups is 1. The fourth-order valence-corrected chi connectivity index (χ4v) is 11.2. The molecule has 4 rings (SSSR count). The Morgan fingerprint density at radius 1 is 0.575 bits per heavy atom. The number of carboxylic acids is 1. The van der Waals surface area contributed by atoms with Crippen molar-refractivity contribution in [3.63, 3.8) is 0 Å². The maximum atomic E-state index is 14.5. The summed E-state index contributed by atoms with van der Waals surface area (Å²) in [6.07, 6.45) is 3.57. The summed E-state index contributed by atoms with van der Waals surface area (Å²) in [4.78, 5) is 164. The zero-order chi connectivity index (χ0) is 64.5. The maximum Gasteiger partial charge on any atom is 0.326 e. The Kier molecular flexibility index (Phi) is 30.2. The van der Waals surface area contributed by atoms with Crippen LogP contribution in [0.1, 0.15) is 124 Å². The molecule has 33 heteroatoms. The van der Waals surface area contributed by atoms with Crippen LogP contribution in [-0.2, 0) is 52.7 Å². The molecule has 4 aliphatic heterocycles. The van der Waals surface area contributed by atoms with Crippen molar-refractivity contribution in [3.8, 4) is 0 Å². The number of rotatable bonds is 35. The van der Waals surface area contributed by atoms with Crippen LogP contribution in [0.4, 0.5) is 0 Å². The van der Waals surface area contributed by atoms with Gasteiger partial charge in [-0.3, -0.25) is 57.9 Å². The minimum atomic E-state index is -1.78. The molecule has 87 heavy (non-hydrogen) atoms. The van der Waals surface area contributed by atoms with E-state index in [1.54, 1.807) is 13.8 Å². The molecular formula is C54H94N18O14S. The SMILES string of the molecule is CC[C@H](C)[C@H](NC(=O)[C@H](CO)NC(=O)[C@H](CCCN=C(N)N)NC(=O)[C@@H](NC(=O)[C@H](CS)NC(=O)[C@H](CCCCN)NC(=O)[C@@H]1CCCN1C(=O)[C@@H]1CCCN1)[C@@H](C)O)C(=O)N1CCC[C@H]1C(=O)N1CCC[C@H]1C(=O)N[C@@H](CCCN=C(N)N)C(=O)O. The standard InChI is InChI=1S/C54H94N18O14S/c1-4-29(2)40(51(84)72-26-12-19-39(72)50(83)71-25-11-18-38(71)47(80)65-34(52(85)86)16-9-23-62-54(58)59)68-44(77)35(27-73)66-42(75)32(14-7-22-61-53(56)57)64-48(81)41(30(3)74)69-45(78)36(28-87)67-43(76)31(13-5-6-20-55)63-46(79)37-17-10-24-70(37)49(82)33-15-8-21-60-33/h29-41,60,73-74,87H,4-28,55H2,1-3H3,(H,63,79)(H,64,81)(H,65,80)(H,66,75)(H,67,76)(H,68,77)(H,69,78)(H,85,86)(H4,56,57,61)(H4,58,59,62)/t29-,30+,31-,32-,33-,34-,35-,36-,37-,38-,39-,40-,41-/m0/s1. The van der Waals surface area contributed by atoms with Crippen molar-refractivity contribution in [1.82, 2.24) is 57.2 Å². The first-order valence-electron chi connectivity index (χ1n) is 30.1. The average Bonchev–Trinajstić information content (AvgIpc) is 1.94. The molecule has 0 aromatic heterocycles. The number of carbonyl (C=O) groups excluding carboxylic acids is 10. The van der Waals surface area contributed by atoms with Crippen molar-refractivity contribution in [3.05, 3.63) is 0 Å². The van der Waals surface area contributed by atoms with E-state index in [4.69, 9.17) is 28.7 Å². The van der Waals surface area contributed by atoms with Gasteiger partial charge in [0, 0.05) is 38.5 Å². The van der Waals surface area contributed by atoms with Gasteiger partial charge in [-0.05, 0) is 122 Å². The lowest BCUT2D eigenvalue weighted by Crippen LogP contribution is -2.62. The van der Waals surface area contributed by atoms with Crippen LogP contribution in [0.5, 0.6) is 0 Å². The fraction of sp³-hybridized carbons (Fsp3) is 0.759. The number of hydrogen-bond acceptors (Lipinski definition) is 18. The molecule has 0 aromatic rings. The predicted octanol–water partition coefficient (Wildman–Crippen LogP) is -6.23. The highest BCUT2D eigenvalue weighted by molar-refractivity contribution is 7.80. The lowest BCUT2D eigenvalue weighted by Gasteiger charge is -2.35. The minimum Gasteiger partial charge on any atom is -0.480 e. The van der Waals surface area contributed by atoms with Gasteiger partial charge in [-0.15, -0.1) is 0 Å². The van der Waals surface area contributed by atoms with E-state index >= 15 is 0 Å². The van der Waals surface area contributed by atoms with E-state index in [0.29, 0.717) is 71.0 Å². The van der Waals surface area contributed by atoms with Gasteiger partial charge in [-0.1, -0.05) is 20.3 Å². The summed E-state index contributed by atoms with van der Waals surface area (Å²) < 4.78 is 0. The molecule has 4 saturated heterocycles. The highest BCUT2D eigenvalue weighted by Gasteiger charge is 2.46. The topological polar surface area (TPSA) is 509 Å². The van der Waals surface area contributed by atoms with Crippen LogP contribution in [0.3, 0.4) is 0 Å². The largest absolute Gasteiger partial charge is 0.480 e. The molecule has 4 heterocycles. The molecule has 4 aliphatic rings. The van der Waals surface area contributed by atoms with Crippen molar-refractivity contribution in [2.75, 3.05) is 58.2 Å². The van der Waals surface area contributed by atoms with E-state index in [1.165, 1.54) is 21.6 Å². The molecule has 0 aromatic carbocycles. The van der Waals surface area contributed by atoms with Gasteiger partial charge in [0.25, 0.3) is 0 Å². The molecule has 32 nitrogen and oxygen atoms in total. The number of hydrogen-bond donors (Lipinski definition) is 17. The summed E-state index contributed by atoms with van der Waals surface area (Å²) in [6.45, 7) is 5.34. The van der Waals surface area contributed by atoms with Gasteiger partial charge < -0.3 is 101 Å². The van der Waals surface area contributed by atoms with Crippen molar-refractivity contribution in [1.29, 1.82) is 0 Å². The number of aliphatic imine (C=N–C) groups is 2. The monoisotopic (exact) mass is 1250 g/mol. The first-order valence-corrected chi connectivity index (χ1v) is 30.7. The Labute approximate surface area is 512 Å². The first-order chi connectivity index (χ1) is 41.4. The molecular weight excluding hydrogens is 1160 g/mol. The van der Waals surface area contributed by atoms with Crippen LogP contribution in [-0.4, -0.2) is 238 Å². The molecule has 0 aliphatic carbocycles. The molecule has 0 bridgehead atoms. The molecule has 0 saturated carbocycles. The first kappa shape index (κ1) is 72.4. The number of carbonyl (C=O) groups is 11. The Morgan fingerprint density at radius 2 is 1.05 bits per heavy atom. The van der Waals surface area contributed by atoms with E-state index in [2.05, 4.69) is 65.1 Å². The molecule has 4 fully saturated rings. The van der Waals surface area contributed by atoms with Crippen LogP contribution < -0.4 is 71.2 Å². The van der Waals surface area contributed by atoms with E-state index < -0.39 is 144 Å². The third-order valence-electron chi connectivity index (χ3n) is 16.0. The van der Waals surface area contributed by atoms with Gasteiger partial charge >= 0.3 is 5.97 Å². The van der Waals surface area contributed by atoms with Crippen molar-refractivity contribution in [2.24, 2.45) is 44.6 Å². The second-order valence-corrected chi connectivity index (χ2v) is 22.9. The maximum absolute atomic E-state index is 14.5. The van der Waals surface area contributed by atoms with Gasteiger partial charge in [-0.2, -0.15) is 12.6 Å². The Hall–Kier alpha value is -7.10. The Balaban J connectivity index is 1.46. The van der Waals surface area contributed by atoms with Crippen LogP contribution >= 0.6 is 12.6 Å². The van der Waals surface area contributed by atoms with Crippen molar-refractivity contribution in [2.45, 2.75) is 196 Å². The second-order valence-electron chi connectivity index (χ2n) is 22.5. The lowest BCUT2D eigenvalue weighted by atomic mass is 9.96. The zero-order valence-electron chi connectivity index (χ0n) is 50.1. The molecule has 0 unspecified atom stereocenters. The third kappa shape index (κ3) is 21.6. The lowest BCUT2D eigenvalue weighted by molar-refractivity contribution is -0.149. The van der Waals surface area contributed by atoms with Gasteiger partial charge in [0.2, 0.25) is 59.1 Å². The summed E-state index contributed by atoms with van der Waals surface area (Å²) in [5, 5.41) is 52.2. The van der Waals surface area contributed by atoms with Gasteiger partial charge in [-0.25, -0.2) is 4.79 Å². The number of nitrogens with zero attached hydrogens (tertiary/aromatic N) is 5. The summed E-state index contributed by atoms with van der Waals surface area (Å²) >= 11 is 4.27. The molecule has 13 atom stereocenters. The molecule has 490 valence electrons. The van der Waals surface area contributed by atoms with Crippen molar-refractivity contribution >= 4 is 89.6 Å². The number of likely N-dealkylation sites (tertiary alicyclic amines) is 3. The Bertz CT molecular complexity index is 2450. The van der Waals surface area contributed by atoms with Gasteiger partial charge in [0.05, 0.1) is 18.8 Å². The second kappa shape index (κ2) is 36.3. The van der Waals surface area contributed by atoms with E-state index in [0.717, 1.165) is 6.42 Å². The quantitative estimate of drug-likeness (QED) is 0.0121. The molecule has 0 spiro atoms. The van der Waals surface area contributed by atoms with Crippen molar-refractivity contribution < 1.29 is 68.1 Å². The minimum absolute atomic E-state index is 0.00806. The number of aliphatic carboxylic acids is 1. The number of carboxylic acid groups (broad SMARTS) is 1. The molecule has 10 amide bonds. The Morgan fingerprint density at radius 3 is 1.55 bits per heavy atom. The van der Waals surface area contributed by atoms with E-state index in [1.807, 2.05) is 0 Å². The van der Waals surface area contributed by atoms with Gasteiger partial charge in [0.1, 0.15) is 60.4 Å². The number of aliphatic hydroxyl groups excluding tert-OH is 2. The highest BCUT2D eigenvalue weighted by atomic mass is 32.1. The molecule has 21 N–H and O–H groups in total. The van der Waals surface area contributed by atoms with Crippen LogP contribution in [0, 0.1) is 5.92 Å². The summed E-state index contributed by atoms with van der Waals surface area (Å²) in [5.74, 6) is -10.1. The van der Waals surface area contributed by atoms with E-state index in [9.17, 15) is 68.1 Å². The van der Waals surface area contributed by atoms with E-state index in [-0.39, 0.29) is 94.7 Å². The highest BCUT2D eigenvalue weighted by Crippen LogP contribution is 2.28. The number of guanidine groups is 2. The average molecular weight is 1250 g/mol. The number of unbranched alkanes of at least 4 members (excludes halogenated alkanes) is 1.